The number of methoxy groups -OCH3 is 2. The van der Waals surface area contributed by atoms with Crippen LogP contribution in [0.1, 0.15) is 24.9 Å². The third-order valence-electron chi connectivity index (χ3n) is 5.76. The molecule has 1 aliphatic carbocycles. The van der Waals surface area contributed by atoms with Crippen molar-refractivity contribution in [2.24, 2.45) is 11.8 Å². The smallest absolute Gasteiger partial charge is 0.316 e. The van der Waals surface area contributed by atoms with E-state index in [4.69, 9.17) is 9.47 Å². The van der Waals surface area contributed by atoms with Crippen molar-refractivity contribution in [2.45, 2.75) is 19.4 Å². The Bertz CT molecular complexity index is 1050. The molecule has 7 nitrogen and oxygen atoms in total. The van der Waals surface area contributed by atoms with E-state index in [1.165, 1.54) is 14.2 Å². The van der Waals surface area contributed by atoms with Gasteiger partial charge in [-0.1, -0.05) is 25.1 Å². The third kappa shape index (κ3) is 3.26. The number of phenols is 1. The van der Waals surface area contributed by atoms with Crippen LogP contribution in [0.4, 0.5) is 11.4 Å². The van der Waals surface area contributed by atoms with Gasteiger partial charge < -0.3 is 25.2 Å². The van der Waals surface area contributed by atoms with E-state index >= 15 is 0 Å². The van der Waals surface area contributed by atoms with E-state index in [2.05, 4.69) is 10.6 Å². The van der Waals surface area contributed by atoms with Gasteiger partial charge in [0.25, 0.3) is 0 Å². The van der Waals surface area contributed by atoms with Crippen molar-refractivity contribution >= 4 is 23.1 Å². The number of nitrogens with one attached hydrogen (secondary N) is 2. The quantitative estimate of drug-likeness (QED) is 0.527. The van der Waals surface area contributed by atoms with Crippen LogP contribution in [0, 0.1) is 11.8 Å². The van der Waals surface area contributed by atoms with E-state index in [-0.39, 0.29) is 17.5 Å². The van der Waals surface area contributed by atoms with Gasteiger partial charge in [0, 0.05) is 11.3 Å². The van der Waals surface area contributed by atoms with Crippen molar-refractivity contribution in [1.82, 2.24) is 0 Å². The number of benzene rings is 2. The van der Waals surface area contributed by atoms with Crippen LogP contribution in [0.15, 0.2) is 53.7 Å². The molecule has 2 aliphatic rings. The Morgan fingerprint density at radius 1 is 1.13 bits per heavy atom. The van der Waals surface area contributed by atoms with E-state index in [1.807, 2.05) is 31.2 Å². The molecule has 4 rings (SSSR count). The van der Waals surface area contributed by atoms with E-state index in [0.717, 1.165) is 17.1 Å². The number of anilines is 2. The first-order valence-electron chi connectivity index (χ1n) is 9.79. The van der Waals surface area contributed by atoms with Gasteiger partial charge in [-0.25, -0.2) is 0 Å². The second-order valence-corrected chi connectivity index (χ2v) is 7.62. The fraction of sp³-hybridized carbons (Fsp3) is 0.304. The lowest BCUT2D eigenvalue weighted by molar-refractivity contribution is -0.151. The van der Waals surface area contributed by atoms with Crippen LogP contribution in [0.2, 0.25) is 0 Å². The van der Waals surface area contributed by atoms with Gasteiger partial charge in [-0.2, -0.15) is 0 Å². The van der Waals surface area contributed by atoms with Crippen LogP contribution in [0.5, 0.6) is 11.5 Å². The molecule has 0 radical (unpaired) electrons. The van der Waals surface area contributed by atoms with Crippen molar-refractivity contribution in [2.75, 3.05) is 24.9 Å². The summed E-state index contributed by atoms with van der Waals surface area (Å²) in [4.78, 5) is 25.9. The summed E-state index contributed by atoms with van der Waals surface area (Å²) in [5, 5.41) is 17.1. The zero-order valence-electron chi connectivity index (χ0n) is 17.1. The minimum Gasteiger partial charge on any atom is -0.504 e. The van der Waals surface area contributed by atoms with E-state index in [0.29, 0.717) is 23.3 Å². The molecule has 3 N–H and O–H groups in total. The number of fused-ring (bicyclic) bond motifs is 1. The summed E-state index contributed by atoms with van der Waals surface area (Å²) in [6, 6.07) is 12.2. The van der Waals surface area contributed by atoms with Crippen molar-refractivity contribution in [3.05, 3.63) is 59.3 Å². The Labute approximate surface area is 174 Å². The molecule has 0 aromatic heterocycles. The van der Waals surface area contributed by atoms with E-state index in [1.54, 1.807) is 18.2 Å². The van der Waals surface area contributed by atoms with Gasteiger partial charge in [0.2, 0.25) is 0 Å². The summed E-state index contributed by atoms with van der Waals surface area (Å²) in [5.41, 5.74) is 3.60. The number of phenolic OH excluding ortho intramolecular Hbond substituents is 1. The topological polar surface area (TPSA) is 96.9 Å². The molecule has 2 aromatic rings. The first kappa shape index (κ1) is 19.8. The molecule has 0 bridgehead atoms. The van der Waals surface area contributed by atoms with Crippen molar-refractivity contribution < 1.29 is 24.2 Å². The molecule has 0 saturated heterocycles. The average Bonchev–Trinajstić information content (AvgIpc) is 2.90. The number of carbonyl (C=O) groups is 2. The molecule has 156 valence electrons. The Kier molecular flexibility index (Phi) is 5.11. The highest BCUT2D eigenvalue weighted by Crippen LogP contribution is 2.44. The third-order valence-corrected chi connectivity index (χ3v) is 5.76. The summed E-state index contributed by atoms with van der Waals surface area (Å²) in [5.74, 6) is -1.55. The first-order chi connectivity index (χ1) is 14.4. The maximum Gasteiger partial charge on any atom is 0.316 e. The predicted molar refractivity (Wildman–Crippen MR) is 112 cm³/mol. The van der Waals surface area contributed by atoms with Crippen molar-refractivity contribution in [3.63, 3.8) is 0 Å². The molecule has 0 unspecified atom stereocenters. The van der Waals surface area contributed by atoms with Crippen molar-refractivity contribution in [3.8, 4) is 11.5 Å². The van der Waals surface area contributed by atoms with Crippen LogP contribution in [0.3, 0.4) is 0 Å². The lowest BCUT2D eigenvalue weighted by Gasteiger charge is -2.32. The van der Waals surface area contributed by atoms with Gasteiger partial charge >= 0.3 is 5.97 Å². The normalized spacial score (nSPS) is 22.8. The number of aromatic hydroxyl groups is 1. The number of rotatable bonds is 3. The molecule has 7 heteroatoms. The number of allylic oxidation sites excluding steroid dienone is 1. The van der Waals surface area contributed by atoms with Crippen LogP contribution in [-0.2, 0) is 14.3 Å². The number of Topliss-reactive ketones (excluding diaryl/α,β-unsaturated/α-hetero) is 1. The van der Waals surface area contributed by atoms with Crippen LogP contribution in [0.25, 0.3) is 0 Å². The van der Waals surface area contributed by atoms with Gasteiger partial charge in [-0.15, -0.1) is 0 Å². The zero-order valence-corrected chi connectivity index (χ0v) is 17.1. The monoisotopic (exact) mass is 408 g/mol. The predicted octanol–water partition coefficient (Wildman–Crippen LogP) is 3.63. The number of esters is 1. The lowest BCUT2D eigenvalue weighted by atomic mass is 9.75. The maximum absolute atomic E-state index is 13.5. The Balaban J connectivity index is 1.87. The number of para-hydroxylation sites is 2. The minimum atomic E-state index is -0.868. The fourth-order valence-corrected chi connectivity index (χ4v) is 4.27. The molecular formula is C23H24N2O5. The SMILES string of the molecule is COC(=O)[C@@H]1C(=O)C2=C(C[C@H]1C)Nc1ccccc1N[C@H]2c1ccc(OC)c(O)c1. The summed E-state index contributed by atoms with van der Waals surface area (Å²) < 4.78 is 10.1. The Morgan fingerprint density at radius 3 is 2.53 bits per heavy atom. The highest BCUT2D eigenvalue weighted by molar-refractivity contribution is 6.11. The van der Waals surface area contributed by atoms with E-state index < -0.39 is 17.9 Å². The summed E-state index contributed by atoms with van der Waals surface area (Å²) in [6.07, 6.45) is 0.523. The molecule has 0 spiro atoms. The number of hydrogen-bond donors (Lipinski definition) is 3. The minimum absolute atomic E-state index is 0.0226. The largest absolute Gasteiger partial charge is 0.504 e. The Hall–Kier alpha value is -3.48. The molecule has 0 amide bonds. The summed E-state index contributed by atoms with van der Waals surface area (Å²) in [6.45, 7) is 1.88. The van der Waals surface area contributed by atoms with Crippen molar-refractivity contribution in [1.29, 1.82) is 0 Å². The second kappa shape index (κ2) is 7.74. The lowest BCUT2D eigenvalue weighted by Crippen LogP contribution is -2.39. The molecule has 0 fully saturated rings. The highest BCUT2D eigenvalue weighted by atomic mass is 16.5. The van der Waals surface area contributed by atoms with Crippen LogP contribution >= 0.6 is 0 Å². The first-order valence-corrected chi connectivity index (χ1v) is 9.79. The maximum atomic E-state index is 13.5. The second-order valence-electron chi connectivity index (χ2n) is 7.62. The molecule has 3 atom stereocenters. The van der Waals surface area contributed by atoms with Gasteiger partial charge in [-0.3, -0.25) is 9.59 Å². The van der Waals surface area contributed by atoms with Gasteiger partial charge in [0.05, 0.1) is 31.6 Å². The number of ether oxygens (including phenoxy) is 2. The summed E-state index contributed by atoms with van der Waals surface area (Å²) >= 11 is 0. The van der Waals surface area contributed by atoms with Gasteiger partial charge in [0.15, 0.2) is 17.3 Å². The van der Waals surface area contributed by atoms with Gasteiger partial charge in [0.1, 0.15) is 5.92 Å². The highest BCUT2D eigenvalue weighted by Gasteiger charge is 2.44. The van der Waals surface area contributed by atoms with Crippen LogP contribution in [-0.4, -0.2) is 31.1 Å². The number of carbonyl (C=O) groups excluding carboxylic acids is 2. The standard InChI is InChI=1S/C23H24N2O5/c1-12-10-16-20(22(27)19(12)23(28)30-3)21(13-8-9-18(29-2)17(26)11-13)25-15-7-5-4-6-14(15)24-16/h4-9,11-12,19,21,24-26H,10H2,1-3H3/t12-,19+,21+/m1/s1. The number of ketones is 1. The Morgan fingerprint density at radius 2 is 1.87 bits per heavy atom. The number of hydrogen-bond acceptors (Lipinski definition) is 7. The molecular weight excluding hydrogens is 384 g/mol. The van der Waals surface area contributed by atoms with Gasteiger partial charge in [-0.05, 0) is 42.2 Å². The molecule has 1 heterocycles. The fourth-order valence-electron chi connectivity index (χ4n) is 4.27. The molecule has 1 aliphatic heterocycles. The molecule has 2 aromatic carbocycles. The average molecular weight is 408 g/mol. The van der Waals surface area contributed by atoms with E-state index in [9.17, 15) is 14.7 Å². The zero-order chi connectivity index (χ0) is 21.4. The summed E-state index contributed by atoms with van der Waals surface area (Å²) in [7, 11) is 2.77. The molecule has 0 saturated carbocycles. The van der Waals surface area contributed by atoms with Crippen LogP contribution < -0.4 is 15.4 Å². The molecule has 30 heavy (non-hydrogen) atoms.